The van der Waals surface area contributed by atoms with Gasteiger partial charge >= 0.3 is 0 Å². The molecule has 2 aromatic carbocycles. The lowest BCUT2D eigenvalue weighted by atomic mass is 10.0. The summed E-state index contributed by atoms with van der Waals surface area (Å²) in [6.45, 7) is 0.0645. The average molecular weight is 262 g/mol. The fraction of sp³-hybridized carbons (Fsp3) is 0.333. The van der Waals surface area contributed by atoms with E-state index in [0.717, 1.165) is 33.6 Å². The van der Waals surface area contributed by atoms with Gasteiger partial charge in [0, 0.05) is 17.6 Å². The third kappa shape index (κ3) is 2.31. The van der Waals surface area contributed by atoms with Gasteiger partial charge in [0.25, 0.3) is 0 Å². The Morgan fingerprint density at radius 1 is 1.00 bits per heavy atom. The van der Waals surface area contributed by atoms with Crippen LogP contribution in [0.3, 0.4) is 0 Å². The molecule has 0 unspecified atom stereocenters. The van der Waals surface area contributed by atoms with Crippen molar-refractivity contribution >= 4 is 10.8 Å². The number of fused-ring (bicyclic) bond motifs is 1. The molecular weight excluding hydrogens is 244 g/mol. The van der Waals surface area contributed by atoms with Crippen LogP contribution in [0.2, 0.25) is 0 Å². The van der Waals surface area contributed by atoms with Crippen LogP contribution in [0.4, 0.5) is 0 Å². The average Bonchev–Trinajstić information content (AvgIpc) is 2.45. The van der Waals surface area contributed by atoms with Crippen molar-refractivity contribution in [1.29, 1.82) is 0 Å². The Balaban J connectivity index is 2.82. The van der Waals surface area contributed by atoms with E-state index in [9.17, 15) is 0 Å². The Morgan fingerprint density at radius 3 is 2.32 bits per heavy atom. The van der Waals surface area contributed by atoms with Gasteiger partial charge in [0.2, 0.25) is 0 Å². The Bertz CT molecular complexity index is 578. The third-order valence-corrected chi connectivity index (χ3v) is 3.14. The van der Waals surface area contributed by atoms with Crippen LogP contribution in [0.15, 0.2) is 24.3 Å². The number of aliphatic hydroxyl groups is 1. The van der Waals surface area contributed by atoms with Gasteiger partial charge in [-0.2, -0.15) is 0 Å². The summed E-state index contributed by atoms with van der Waals surface area (Å²) < 4.78 is 16.3. The summed E-state index contributed by atoms with van der Waals surface area (Å²) >= 11 is 0. The summed E-state index contributed by atoms with van der Waals surface area (Å²) in [4.78, 5) is 0. The lowest BCUT2D eigenvalue weighted by Crippen LogP contribution is -1.99. The zero-order valence-electron chi connectivity index (χ0n) is 11.4. The van der Waals surface area contributed by atoms with Crippen LogP contribution >= 0.6 is 0 Å². The van der Waals surface area contributed by atoms with E-state index in [1.807, 2.05) is 24.3 Å². The molecule has 0 heterocycles. The molecule has 2 aromatic rings. The van der Waals surface area contributed by atoms with Gasteiger partial charge in [-0.1, -0.05) is 12.1 Å². The minimum Gasteiger partial charge on any atom is -0.496 e. The third-order valence-electron chi connectivity index (χ3n) is 3.14. The lowest BCUT2D eigenvalue weighted by Gasteiger charge is -2.16. The molecule has 0 saturated carbocycles. The van der Waals surface area contributed by atoms with Gasteiger partial charge in [-0.15, -0.1) is 0 Å². The number of methoxy groups -OCH3 is 3. The van der Waals surface area contributed by atoms with Crippen LogP contribution in [0.25, 0.3) is 10.8 Å². The van der Waals surface area contributed by atoms with Crippen molar-refractivity contribution < 1.29 is 19.3 Å². The molecule has 2 rings (SSSR count). The van der Waals surface area contributed by atoms with E-state index in [1.165, 1.54) is 0 Å². The zero-order chi connectivity index (χ0) is 13.8. The fourth-order valence-corrected chi connectivity index (χ4v) is 2.32. The molecule has 19 heavy (non-hydrogen) atoms. The normalized spacial score (nSPS) is 10.5. The molecule has 0 saturated heterocycles. The zero-order valence-corrected chi connectivity index (χ0v) is 11.4. The van der Waals surface area contributed by atoms with E-state index in [-0.39, 0.29) is 6.61 Å². The molecule has 0 aliphatic carbocycles. The molecule has 0 aliphatic heterocycles. The van der Waals surface area contributed by atoms with Crippen molar-refractivity contribution in [3.8, 4) is 17.2 Å². The summed E-state index contributed by atoms with van der Waals surface area (Å²) in [6, 6.07) is 7.64. The minimum absolute atomic E-state index is 0.0645. The molecule has 0 amide bonds. The molecule has 4 heteroatoms. The maximum Gasteiger partial charge on any atom is 0.130 e. The highest BCUT2D eigenvalue weighted by atomic mass is 16.5. The smallest absolute Gasteiger partial charge is 0.130 e. The molecule has 0 fully saturated rings. The van der Waals surface area contributed by atoms with Gasteiger partial charge in [0.05, 0.1) is 26.7 Å². The predicted molar refractivity (Wildman–Crippen MR) is 74.4 cm³/mol. The van der Waals surface area contributed by atoms with Crippen LogP contribution < -0.4 is 14.2 Å². The van der Waals surface area contributed by atoms with E-state index in [4.69, 9.17) is 19.3 Å². The summed E-state index contributed by atoms with van der Waals surface area (Å²) in [5.74, 6) is 2.21. The molecule has 0 aromatic heterocycles. The fourth-order valence-electron chi connectivity index (χ4n) is 2.32. The van der Waals surface area contributed by atoms with Gasteiger partial charge in [-0.25, -0.2) is 0 Å². The Kier molecular flexibility index (Phi) is 4.12. The maximum absolute atomic E-state index is 9.16. The van der Waals surface area contributed by atoms with Crippen molar-refractivity contribution in [2.24, 2.45) is 0 Å². The van der Waals surface area contributed by atoms with Crippen molar-refractivity contribution in [1.82, 2.24) is 0 Å². The van der Waals surface area contributed by atoms with Crippen LogP contribution in [-0.4, -0.2) is 33.0 Å². The Hall–Kier alpha value is -1.94. The molecule has 4 nitrogen and oxygen atoms in total. The number of hydrogen-bond acceptors (Lipinski definition) is 4. The van der Waals surface area contributed by atoms with Crippen molar-refractivity contribution in [2.45, 2.75) is 6.42 Å². The van der Waals surface area contributed by atoms with E-state index < -0.39 is 0 Å². The SMILES string of the molecule is COc1c(CCO)cc(OC)c2c(OC)cccc12. The van der Waals surface area contributed by atoms with Gasteiger partial charge in [-0.3, -0.25) is 0 Å². The number of rotatable bonds is 5. The number of benzene rings is 2. The van der Waals surface area contributed by atoms with Crippen molar-refractivity contribution in [3.05, 3.63) is 29.8 Å². The van der Waals surface area contributed by atoms with Crippen molar-refractivity contribution in [2.75, 3.05) is 27.9 Å². The summed E-state index contributed by atoms with van der Waals surface area (Å²) in [5, 5.41) is 11.0. The van der Waals surface area contributed by atoms with Crippen LogP contribution in [0.5, 0.6) is 17.2 Å². The van der Waals surface area contributed by atoms with E-state index in [2.05, 4.69) is 0 Å². The number of aliphatic hydroxyl groups excluding tert-OH is 1. The second kappa shape index (κ2) is 5.80. The largest absolute Gasteiger partial charge is 0.496 e. The maximum atomic E-state index is 9.16. The van der Waals surface area contributed by atoms with Gasteiger partial charge < -0.3 is 19.3 Å². The highest BCUT2D eigenvalue weighted by Crippen LogP contribution is 2.41. The van der Waals surface area contributed by atoms with E-state index >= 15 is 0 Å². The molecule has 0 bridgehead atoms. The standard InChI is InChI=1S/C15H18O4/c1-17-12-6-4-5-11-14(12)13(18-2)9-10(7-8-16)15(11)19-3/h4-6,9,16H,7-8H2,1-3H3. The molecule has 0 atom stereocenters. The molecule has 1 N–H and O–H groups in total. The van der Waals surface area contributed by atoms with E-state index in [1.54, 1.807) is 21.3 Å². The summed E-state index contributed by atoms with van der Waals surface area (Å²) in [7, 11) is 4.88. The van der Waals surface area contributed by atoms with E-state index in [0.29, 0.717) is 6.42 Å². The topological polar surface area (TPSA) is 47.9 Å². The highest BCUT2D eigenvalue weighted by molar-refractivity contribution is 5.99. The molecule has 0 radical (unpaired) electrons. The number of hydrogen-bond donors (Lipinski definition) is 1. The second-order valence-electron chi connectivity index (χ2n) is 4.13. The summed E-state index contributed by atoms with van der Waals surface area (Å²) in [6.07, 6.45) is 0.521. The predicted octanol–water partition coefficient (Wildman–Crippen LogP) is 2.40. The first-order chi connectivity index (χ1) is 9.26. The monoisotopic (exact) mass is 262 g/mol. The lowest BCUT2D eigenvalue weighted by molar-refractivity contribution is 0.296. The van der Waals surface area contributed by atoms with Gasteiger partial charge in [0.1, 0.15) is 17.2 Å². The Morgan fingerprint density at radius 2 is 1.74 bits per heavy atom. The van der Waals surface area contributed by atoms with Gasteiger partial charge in [0.15, 0.2) is 0 Å². The Labute approximate surface area is 112 Å². The van der Waals surface area contributed by atoms with Crippen LogP contribution in [-0.2, 0) is 6.42 Å². The first-order valence-electron chi connectivity index (χ1n) is 6.08. The highest BCUT2D eigenvalue weighted by Gasteiger charge is 2.16. The number of ether oxygens (including phenoxy) is 3. The molecule has 102 valence electrons. The van der Waals surface area contributed by atoms with Crippen molar-refractivity contribution in [3.63, 3.8) is 0 Å². The molecule has 0 aliphatic rings. The van der Waals surface area contributed by atoms with Crippen LogP contribution in [0.1, 0.15) is 5.56 Å². The second-order valence-corrected chi connectivity index (χ2v) is 4.13. The first-order valence-corrected chi connectivity index (χ1v) is 6.08. The molecule has 0 spiro atoms. The molecular formula is C15H18O4. The first kappa shape index (κ1) is 13.5. The summed E-state index contributed by atoms with van der Waals surface area (Å²) in [5.41, 5.74) is 0.919. The van der Waals surface area contributed by atoms with Gasteiger partial charge in [-0.05, 0) is 18.6 Å². The minimum atomic E-state index is 0.0645. The quantitative estimate of drug-likeness (QED) is 0.899. The van der Waals surface area contributed by atoms with Crippen LogP contribution in [0, 0.1) is 0 Å².